The van der Waals surface area contributed by atoms with Gasteiger partial charge in [0, 0.05) is 6.07 Å². The summed E-state index contributed by atoms with van der Waals surface area (Å²) in [6, 6.07) is 10.00. The van der Waals surface area contributed by atoms with Crippen molar-refractivity contribution in [1.29, 1.82) is 0 Å². The molecule has 0 saturated carbocycles. The van der Waals surface area contributed by atoms with Gasteiger partial charge in [0.1, 0.15) is 17.4 Å². The van der Waals surface area contributed by atoms with Gasteiger partial charge in [0.05, 0.1) is 10.3 Å². The van der Waals surface area contributed by atoms with Crippen molar-refractivity contribution in [2.24, 2.45) is 0 Å². The van der Waals surface area contributed by atoms with Gasteiger partial charge in [0.2, 0.25) is 10.0 Å². The third-order valence-corrected chi connectivity index (χ3v) is 6.43. The van der Waals surface area contributed by atoms with Crippen LogP contribution in [0.5, 0.6) is 5.75 Å². The summed E-state index contributed by atoms with van der Waals surface area (Å²) in [5.74, 6) is -0.507. The molecule has 3 rings (SSSR count). The number of rotatable bonds is 7. The summed E-state index contributed by atoms with van der Waals surface area (Å²) in [5, 5.41) is 0.525. The maximum absolute atomic E-state index is 12.9. The fourth-order valence-corrected chi connectivity index (χ4v) is 4.55. The molecule has 0 radical (unpaired) electrons. The number of hydrogen-bond acceptors (Lipinski definition) is 6. The number of sulfonamides is 1. The molecule has 0 unspecified atom stereocenters. The van der Waals surface area contributed by atoms with Crippen molar-refractivity contribution in [3.05, 3.63) is 69.6 Å². The van der Waals surface area contributed by atoms with E-state index < -0.39 is 27.7 Å². The summed E-state index contributed by atoms with van der Waals surface area (Å²) in [5.41, 5.74) is 2.18. The number of benzene rings is 2. The van der Waals surface area contributed by atoms with E-state index in [2.05, 4.69) is 4.72 Å². The lowest BCUT2D eigenvalue weighted by molar-refractivity contribution is -0.136. The molecular weight excluding hydrogens is 418 g/mol. The minimum Gasteiger partial charge on any atom is -0.425 e. The van der Waals surface area contributed by atoms with Gasteiger partial charge in [-0.2, -0.15) is 4.72 Å². The lowest BCUT2D eigenvalue weighted by atomic mass is 10.0. The molecule has 7 nitrogen and oxygen atoms in total. The van der Waals surface area contributed by atoms with E-state index in [1.54, 1.807) is 38.1 Å². The standard InChI is InChI=1S/C23H25NO6S/c1-5-16-13-21(25)29-19-11-15(4)12-20(22(16)19)30-23(26)18(6-2)24-31(27,28)17-9-7-14(3)8-10-17/h7-13,18,24H,5-6H2,1-4H3/t18-/m1/s1. The highest BCUT2D eigenvalue weighted by Crippen LogP contribution is 2.30. The summed E-state index contributed by atoms with van der Waals surface area (Å²) in [4.78, 5) is 24.8. The lowest BCUT2D eigenvalue weighted by Gasteiger charge is -2.17. The molecule has 0 aliphatic rings. The van der Waals surface area contributed by atoms with Crippen LogP contribution in [-0.2, 0) is 21.2 Å². The van der Waals surface area contributed by atoms with E-state index >= 15 is 0 Å². The molecule has 1 N–H and O–H groups in total. The molecule has 2 aromatic carbocycles. The van der Waals surface area contributed by atoms with Crippen molar-refractivity contribution in [2.45, 2.75) is 51.5 Å². The number of ether oxygens (including phenoxy) is 1. The van der Waals surface area contributed by atoms with Crippen molar-refractivity contribution in [1.82, 2.24) is 4.72 Å². The molecule has 8 heteroatoms. The molecule has 0 amide bonds. The average molecular weight is 444 g/mol. The zero-order valence-electron chi connectivity index (χ0n) is 17.9. The molecule has 1 atom stereocenters. The second-order valence-electron chi connectivity index (χ2n) is 7.40. The van der Waals surface area contributed by atoms with Gasteiger partial charge in [-0.25, -0.2) is 18.0 Å². The number of carbonyl (C=O) groups excluding carboxylic acids is 1. The average Bonchev–Trinajstić information content (AvgIpc) is 2.71. The van der Waals surface area contributed by atoms with Crippen molar-refractivity contribution in [3.63, 3.8) is 0 Å². The normalized spacial score (nSPS) is 12.6. The van der Waals surface area contributed by atoms with E-state index in [0.717, 1.165) is 11.1 Å². The molecule has 31 heavy (non-hydrogen) atoms. The van der Waals surface area contributed by atoms with Crippen LogP contribution in [-0.4, -0.2) is 20.4 Å². The van der Waals surface area contributed by atoms with Crippen LogP contribution in [0.4, 0.5) is 0 Å². The van der Waals surface area contributed by atoms with Gasteiger partial charge in [-0.3, -0.25) is 0 Å². The van der Waals surface area contributed by atoms with Gasteiger partial charge in [-0.05, 0) is 62.1 Å². The summed E-state index contributed by atoms with van der Waals surface area (Å²) in [6.07, 6.45) is 0.733. The Kier molecular flexibility index (Phi) is 6.62. The van der Waals surface area contributed by atoms with Gasteiger partial charge in [-0.1, -0.05) is 31.5 Å². The second kappa shape index (κ2) is 9.03. The van der Waals surface area contributed by atoms with Gasteiger partial charge in [-0.15, -0.1) is 0 Å². The molecular formula is C23H25NO6S. The predicted molar refractivity (Wildman–Crippen MR) is 118 cm³/mol. The lowest BCUT2D eigenvalue weighted by Crippen LogP contribution is -2.42. The van der Waals surface area contributed by atoms with Crippen LogP contribution in [0.1, 0.15) is 37.0 Å². The smallest absolute Gasteiger partial charge is 0.336 e. The Balaban J connectivity index is 1.93. The van der Waals surface area contributed by atoms with E-state index in [0.29, 0.717) is 23.0 Å². The molecule has 0 spiro atoms. The minimum absolute atomic E-state index is 0.0698. The quantitative estimate of drug-likeness (QED) is 0.340. The number of carbonyl (C=O) groups is 1. The largest absolute Gasteiger partial charge is 0.425 e. The van der Waals surface area contributed by atoms with Crippen LogP contribution in [0.15, 0.2) is 56.6 Å². The Hall–Kier alpha value is -2.97. The highest BCUT2D eigenvalue weighted by Gasteiger charge is 2.27. The van der Waals surface area contributed by atoms with Gasteiger partial charge >= 0.3 is 11.6 Å². The molecule has 0 aliphatic carbocycles. The Bertz CT molecular complexity index is 1280. The van der Waals surface area contributed by atoms with Crippen LogP contribution in [0.3, 0.4) is 0 Å². The van der Waals surface area contributed by atoms with Crippen molar-refractivity contribution in [3.8, 4) is 5.75 Å². The minimum atomic E-state index is -3.91. The Morgan fingerprint density at radius 1 is 1.06 bits per heavy atom. The Morgan fingerprint density at radius 2 is 1.74 bits per heavy atom. The summed E-state index contributed by atoms with van der Waals surface area (Å²) < 4.78 is 38.7. The van der Waals surface area contributed by atoms with Crippen molar-refractivity contribution < 1.29 is 22.4 Å². The molecule has 3 aromatic rings. The summed E-state index contributed by atoms with van der Waals surface area (Å²) in [7, 11) is -3.91. The van der Waals surface area contributed by atoms with E-state index in [9.17, 15) is 18.0 Å². The highest BCUT2D eigenvalue weighted by atomic mass is 32.2. The summed E-state index contributed by atoms with van der Waals surface area (Å²) >= 11 is 0. The van der Waals surface area contributed by atoms with Crippen LogP contribution in [0.25, 0.3) is 11.0 Å². The molecule has 0 aliphatic heterocycles. The first-order chi connectivity index (χ1) is 14.6. The fraction of sp³-hybridized carbons (Fsp3) is 0.304. The monoisotopic (exact) mass is 443 g/mol. The Morgan fingerprint density at radius 3 is 2.35 bits per heavy atom. The van der Waals surface area contributed by atoms with Gasteiger partial charge in [0.15, 0.2) is 0 Å². The molecule has 1 aromatic heterocycles. The third-order valence-electron chi connectivity index (χ3n) is 4.95. The third kappa shape index (κ3) is 5.03. The fourth-order valence-electron chi connectivity index (χ4n) is 3.28. The number of fused-ring (bicyclic) bond motifs is 1. The predicted octanol–water partition coefficient (Wildman–Crippen LogP) is 3.63. The zero-order chi connectivity index (χ0) is 22.8. The van der Waals surface area contributed by atoms with Gasteiger partial charge < -0.3 is 9.15 Å². The molecule has 164 valence electrons. The van der Waals surface area contributed by atoms with Crippen LogP contribution < -0.4 is 15.1 Å². The zero-order valence-corrected chi connectivity index (χ0v) is 18.7. The first-order valence-electron chi connectivity index (χ1n) is 10.0. The molecule has 1 heterocycles. The second-order valence-corrected chi connectivity index (χ2v) is 9.11. The maximum Gasteiger partial charge on any atom is 0.336 e. The maximum atomic E-state index is 12.9. The van der Waals surface area contributed by atoms with Gasteiger partial charge in [0.25, 0.3) is 0 Å². The SMILES string of the molecule is CCc1cc(=O)oc2cc(C)cc(OC(=O)[C@@H](CC)NS(=O)(=O)c3ccc(C)cc3)c12. The molecule has 0 bridgehead atoms. The first kappa shape index (κ1) is 22.7. The van der Waals surface area contributed by atoms with Crippen LogP contribution >= 0.6 is 0 Å². The van der Waals surface area contributed by atoms with E-state index in [1.807, 2.05) is 13.8 Å². The highest BCUT2D eigenvalue weighted by molar-refractivity contribution is 7.89. The molecule has 0 fully saturated rings. The number of esters is 1. The summed E-state index contributed by atoms with van der Waals surface area (Å²) in [6.45, 7) is 7.21. The van der Waals surface area contributed by atoms with Crippen molar-refractivity contribution >= 4 is 27.0 Å². The van der Waals surface area contributed by atoms with Crippen LogP contribution in [0, 0.1) is 13.8 Å². The topological polar surface area (TPSA) is 103 Å². The first-order valence-corrected chi connectivity index (χ1v) is 11.5. The Labute approximate surface area is 181 Å². The van der Waals surface area contributed by atoms with E-state index in [-0.39, 0.29) is 17.1 Å². The molecule has 0 saturated heterocycles. The number of aryl methyl sites for hydroxylation is 3. The van der Waals surface area contributed by atoms with Crippen LogP contribution in [0.2, 0.25) is 0 Å². The number of hydrogen-bond donors (Lipinski definition) is 1. The van der Waals surface area contributed by atoms with E-state index in [4.69, 9.17) is 9.15 Å². The van der Waals surface area contributed by atoms with Crippen molar-refractivity contribution in [2.75, 3.05) is 0 Å². The number of nitrogens with one attached hydrogen (secondary N) is 1. The van der Waals surface area contributed by atoms with E-state index in [1.165, 1.54) is 18.2 Å².